The molecule has 1 aromatic carbocycles. The van der Waals surface area contributed by atoms with Gasteiger partial charge in [-0.25, -0.2) is 0 Å². The first-order valence-electron chi connectivity index (χ1n) is 6.40. The second-order valence-electron chi connectivity index (χ2n) is 4.55. The van der Waals surface area contributed by atoms with Crippen molar-refractivity contribution < 1.29 is 4.74 Å². The Morgan fingerprint density at radius 2 is 2.10 bits per heavy atom. The van der Waals surface area contributed by atoms with Crippen molar-refractivity contribution in [1.29, 1.82) is 0 Å². The molecule has 0 spiro atoms. The summed E-state index contributed by atoms with van der Waals surface area (Å²) >= 11 is 6.95. The van der Waals surface area contributed by atoms with Crippen molar-refractivity contribution in [3.05, 3.63) is 58.2 Å². The SMILES string of the molecule is CC1=CSC([AsH2])N1c1ncc(Br)cc1Oc1ccccc1. The summed E-state index contributed by atoms with van der Waals surface area (Å²) in [6.07, 6.45) is 1.81. The molecule has 0 fully saturated rings. The van der Waals surface area contributed by atoms with E-state index in [0.29, 0.717) is 4.16 Å². The normalized spacial score (nSPS) is 17.8. The van der Waals surface area contributed by atoms with E-state index in [2.05, 4.69) is 38.1 Å². The standard InChI is InChI=1S/C15H14AsBrN2OS/c1-10-9-21-15(16)19(10)14-13(7-11(17)8-18-14)20-12-5-3-2-4-6-12/h2-9,15H,16H2,1H3. The molecule has 0 N–H and O–H groups in total. The van der Waals surface area contributed by atoms with Crippen LogP contribution in [0, 0.1) is 0 Å². The predicted molar refractivity (Wildman–Crippen MR) is 94.6 cm³/mol. The molecule has 2 atom stereocenters. The van der Waals surface area contributed by atoms with Crippen LogP contribution in [0.3, 0.4) is 0 Å². The van der Waals surface area contributed by atoms with E-state index < -0.39 is 0 Å². The Morgan fingerprint density at radius 3 is 2.76 bits per heavy atom. The minimum absolute atomic E-state index is 0.379. The Bertz CT molecular complexity index is 681. The number of para-hydroxylation sites is 1. The van der Waals surface area contributed by atoms with Crippen molar-refractivity contribution in [2.24, 2.45) is 0 Å². The number of allylic oxidation sites excluding steroid dienone is 1. The Hall–Kier alpha value is -0.902. The van der Waals surface area contributed by atoms with Gasteiger partial charge in [0.2, 0.25) is 0 Å². The topological polar surface area (TPSA) is 25.4 Å². The number of rotatable bonds is 3. The van der Waals surface area contributed by atoms with Crippen LogP contribution in [0.1, 0.15) is 6.92 Å². The van der Waals surface area contributed by atoms with E-state index in [0.717, 1.165) is 21.8 Å². The molecule has 3 nitrogen and oxygen atoms in total. The summed E-state index contributed by atoms with van der Waals surface area (Å²) in [5, 5.41) is 2.17. The fourth-order valence-electron chi connectivity index (χ4n) is 2.06. The Kier molecular flexibility index (Phi) is 4.62. The molecule has 21 heavy (non-hydrogen) atoms. The zero-order chi connectivity index (χ0) is 14.8. The van der Waals surface area contributed by atoms with Gasteiger partial charge in [0, 0.05) is 0 Å². The first-order chi connectivity index (χ1) is 10.1. The maximum absolute atomic E-state index is 6.04. The van der Waals surface area contributed by atoms with Crippen LogP contribution in [0.5, 0.6) is 11.5 Å². The van der Waals surface area contributed by atoms with Crippen LogP contribution in [0.15, 0.2) is 58.2 Å². The van der Waals surface area contributed by atoms with E-state index in [1.165, 1.54) is 5.70 Å². The van der Waals surface area contributed by atoms with Gasteiger partial charge in [-0.3, -0.25) is 0 Å². The molecule has 0 saturated heterocycles. The van der Waals surface area contributed by atoms with Gasteiger partial charge in [-0.05, 0) is 0 Å². The average molecular weight is 425 g/mol. The number of anilines is 1. The zero-order valence-corrected chi connectivity index (χ0v) is 16.2. The number of hydrogen-bond donors (Lipinski definition) is 0. The van der Waals surface area contributed by atoms with Gasteiger partial charge in [0.1, 0.15) is 0 Å². The van der Waals surface area contributed by atoms with Gasteiger partial charge < -0.3 is 0 Å². The molecule has 2 unspecified atom stereocenters. The van der Waals surface area contributed by atoms with E-state index in [4.69, 9.17) is 4.74 Å². The van der Waals surface area contributed by atoms with Gasteiger partial charge in [-0.1, -0.05) is 0 Å². The molecule has 108 valence electrons. The maximum atomic E-state index is 6.04. The van der Waals surface area contributed by atoms with E-state index in [9.17, 15) is 0 Å². The molecular formula is C15H14AsBrN2OS. The van der Waals surface area contributed by atoms with Crippen LogP contribution < -0.4 is 9.64 Å². The third kappa shape index (κ3) is 3.31. The molecule has 6 heteroatoms. The first kappa shape index (κ1) is 15.0. The van der Waals surface area contributed by atoms with Crippen LogP contribution in [-0.4, -0.2) is 26.0 Å². The van der Waals surface area contributed by atoms with Crippen LogP contribution in [0.2, 0.25) is 0 Å². The molecule has 0 radical (unpaired) electrons. The number of nitrogens with zero attached hydrogens (tertiary/aromatic N) is 2. The summed E-state index contributed by atoms with van der Waals surface area (Å²) < 4.78 is 7.32. The molecule has 0 amide bonds. The number of ether oxygens (including phenoxy) is 1. The average Bonchev–Trinajstić information content (AvgIpc) is 2.80. The number of aromatic nitrogens is 1. The third-order valence-electron chi connectivity index (χ3n) is 3.01. The Morgan fingerprint density at radius 1 is 1.33 bits per heavy atom. The van der Waals surface area contributed by atoms with Crippen LogP contribution >= 0.6 is 27.7 Å². The van der Waals surface area contributed by atoms with Crippen molar-refractivity contribution in [2.75, 3.05) is 4.90 Å². The summed E-state index contributed by atoms with van der Waals surface area (Å²) in [4.78, 5) is 6.78. The minimum atomic E-state index is 0.379. The summed E-state index contributed by atoms with van der Waals surface area (Å²) in [6.45, 7) is 2.10. The van der Waals surface area contributed by atoms with Crippen LogP contribution in [0.25, 0.3) is 0 Å². The summed E-state index contributed by atoms with van der Waals surface area (Å²) in [5.41, 5.74) is 1.20. The van der Waals surface area contributed by atoms with Crippen molar-refractivity contribution in [3.63, 3.8) is 0 Å². The molecule has 2 heterocycles. The summed E-state index contributed by atoms with van der Waals surface area (Å²) in [6, 6.07) is 11.7. The van der Waals surface area contributed by atoms with Gasteiger partial charge in [0.25, 0.3) is 0 Å². The molecule has 0 saturated carbocycles. The fraction of sp³-hybridized carbons (Fsp3) is 0.133. The molecule has 3 rings (SSSR count). The van der Waals surface area contributed by atoms with E-state index in [1.54, 1.807) is 16.9 Å². The second kappa shape index (κ2) is 6.47. The third-order valence-corrected chi connectivity index (χ3v) is 6.03. The first-order valence-corrected chi connectivity index (χ1v) is 9.54. The zero-order valence-electron chi connectivity index (χ0n) is 11.4. The van der Waals surface area contributed by atoms with Gasteiger partial charge in [-0.15, -0.1) is 0 Å². The number of halogens is 1. The summed E-state index contributed by atoms with van der Waals surface area (Å²) in [7, 11) is 0. The monoisotopic (exact) mass is 424 g/mol. The van der Waals surface area contributed by atoms with Crippen molar-refractivity contribution >= 4 is 50.4 Å². The number of hydrogen-bond acceptors (Lipinski definition) is 4. The van der Waals surface area contributed by atoms with Gasteiger partial charge in [0.05, 0.1) is 0 Å². The summed E-state index contributed by atoms with van der Waals surface area (Å²) in [5.74, 6) is 2.42. The van der Waals surface area contributed by atoms with Crippen molar-refractivity contribution in [1.82, 2.24) is 4.98 Å². The van der Waals surface area contributed by atoms with Gasteiger partial charge in [0.15, 0.2) is 0 Å². The molecule has 1 aromatic heterocycles. The second-order valence-corrected chi connectivity index (χ2v) is 8.79. The molecule has 1 aliphatic rings. The van der Waals surface area contributed by atoms with Gasteiger partial charge >= 0.3 is 146 Å². The Balaban J connectivity index is 1.99. The van der Waals surface area contributed by atoms with Crippen molar-refractivity contribution in [3.8, 4) is 11.5 Å². The number of pyridine rings is 1. The molecule has 1 aliphatic heterocycles. The van der Waals surface area contributed by atoms with E-state index in [-0.39, 0.29) is 0 Å². The molecular weight excluding hydrogens is 411 g/mol. The van der Waals surface area contributed by atoms with E-state index in [1.807, 2.05) is 54.4 Å². The van der Waals surface area contributed by atoms with Crippen LogP contribution in [0.4, 0.5) is 5.82 Å². The number of benzene rings is 1. The molecule has 0 aliphatic carbocycles. The predicted octanol–water partition coefficient (Wildman–Crippen LogP) is 3.97. The Labute approximate surface area is 145 Å². The quantitative estimate of drug-likeness (QED) is 0.696. The fourth-order valence-corrected chi connectivity index (χ4v) is 4.49. The molecule has 0 bridgehead atoms. The molecule has 2 aromatic rings. The van der Waals surface area contributed by atoms with Crippen LogP contribution in [-0.2, 0) is 0 Å². The van der Waals surface area contributed by atoms with Gasteiger partial charge in [-0.2, -0.15) is 0 Å². The van der Waals surface area contributed by atoms with E-state index >= 15 is 0 Å². The number of thioether (sulfide) groups is 1. The van der Waals surface area contributed by atoms with Crippen molar-refractivity contribution in [2.45, 2.75) is 11.1 Å².